The van der Waals surface area contributed by atoms with Gasteiger partial charge in [-0.05, 0) is 48.0 Å². The number of pyridine rings is 1. The van der Waals surface area contributed by atoms with E-state index < -0.39 is 5.97 Å². The van der Waals surface area contributed by atoms with Crippen molar-refractivity contribution in [2.45, 2.75) is 0 Å². The zero-order valence-corrected chi connectivity index (χ0v) is 19.2. The Morgan fingerprint density at radius 2 is 1.77 bits per heavy atom. The lowest BCUT2D eigenvalue weighted by molar-refractivity contribution is 0.0729. The summed E-state index contributed by atoms with van der Waals surface area (Å²) in [5.41, 5.74) is 3.45. The van der Waals surface area contributed by atoms with Crippen LogP contribution in [-0.4, -0.2) is 28.0 Å². The average molecular weight is 481 g/mol. The number of H-pyrrole nitrogens is 1. The summed E-state index contributed by atoms with van der Waals surface area (Å²) in [5.74, 6) is 0.330. The van der Waals surface area contributed by atoms with Gasteiger partial charge in [0, 0.05) is 5.39 Å². The van der Waals surface area contributed by atoms with Gasteiger partial charge in [0.1, 0.15) is 17.0 Å². The fraction of sp³-hybridized carbons (Fsp3) is 0.0370. The standard InChI is InChI=1S/C27H17ClN4O3/c1-34-24-13-16(12-18(15-29)26-31-21-8-4-5-9-22(21)32-26)10-11-23(24)35-27(33)19-14-17-6-2-3-7-20(17)30-25(19)28/h2-14H,1H3,(H,31,32)/b18-12+. The number of nitrogens with one attached hydrogen (secondary N) is 1. The number of imidazole rings is 1. The van der Waals surface area contributed by atoms with Crippen LogP contribution in [0.4, 0.5) is 0 Å². The van der Waals surface area contributed by atoms with Gasteiger partial charge in [-0.25, -0.2) is 14.8 Å². The summed E-state index contributed by atoms with van der Waals surface area (Å²) in [4.78, 5) is 24.7. The van der Waals surface area contributed by atoms with E-state index in [-0.39, 0.29) is 16.5 Å². The minimum Gasteiger partial charge on any atom is -0.493 e. The molecule has 170 valence electrons. The molecule has 1 N–H and O–H groups in total. The number of esters is 1. The van der Waals surface area contributed by atoms with E-state index in [1.54, 1.807) is 30.3 Å². The Hall–Kier alpha value is -4.67. The van der Waals surface area contributed by atoms with E-state index in [0.29, 0.717) is 28.2 Å². The lowest BCUT2D eigenvalue weighted by atomic mass is 10.1. The summed E-state index contributed by atoms with van der Waals surface area (Å²) in [6, 6.07) is 23.7. The largest absolute Gasteiger partial charge is 0.493 e. The number of carbonyl (C=O) groups is 1. The Morgan fingerprint density at radius 1 is 1.00 bits per heavy atom. The van der Waals surface area contributed by atoms with Crippen LogP contribution in [-0.2, 0) is 0 Å². The van der Waals surface area contributed by atoms with E-state index >= 15 is 0 Å². The summed E-state index contributed by atoms with van der Waals surface area (Å²) in [7, 11) is 1.47. The Balaban J connectivity index is 1.43. The number of carbonyl (C=O) groups excluding carboxylic acids is 1. The molecular formula is C27H17ClN4O3. The number of aromatic amines is 1. The molecule has 3 aromatic carbocycles. The number of rotatable bonds is 5. The molecule has 0 fully saturated rings. The molecule has 0 bridgehead atoms. The smallest absolute Gasteiger partial charge is 0.346 e. The first-order chi connectivity index (χ1) is 17.1. The molecule has 0 unspecified atom stereocenters. The third kappa shape index (κ3) is 4.43. The minimum atomic E-state index is -0.658. The van der Waals surface area contributed by atoms with Crippen molar-refractivity contribution in [3.8, 4) is 17.6 Å². The molecule has 35 heavy (non-hydrogen) atoms. The molecule has 0 aliphatic carbocycles. The van der Waals surface area contributed by atoms with Crippen molar-refractivity contribution < 1.29 is 14.3 Å². The van der Waals surface area contributed by atoms with Gasteiger partial charge in [-0.15, -0.1) is 0 Å². The first kappa shape index (κ1) is 22.1. The zero-order chi connectivity index (χ0) is 24.4. The van der Waals surface area contributed by atoms with E-state index in [4.69, 9.17) is 21.1 Å². The molecular weight excluding hydrogens is 464 g/mol. The van der Waals surface area contributed by atoms with Crippen LogP contribution in [0.1, 0.15) is 21.7 Å². The van der Waals surface area contributed by atoms with E-state index in [9.17, 15) is 10.1 Å². The number of methoxy groups -OCH3 is 1. The van der Waals surface area contributed by atoms with Crippen LogP contribution in [0.2, 0.25) is 5.15 Å². The van der Waals surface area contributed by atoms with Gasteiger partial charge in [0.2, 0.25) is 0 Å². The van der Waals surface area contributed by atoms with Crippen molar-refractivity contribution in [3.63, 3.8) is 0 Å². The zero-order valence-electron chi connectivity index (χ0n) is 18.4. The molecule has 5 aromatic rings. The van der Waals surface area contributed by atoms with Crippen molar-refractivity contribution in [3.05, 3.63) is 94.9 Å². The highest BCUT2D eigenvalue weighted by Crippen LogP contribution is 2.31. The van der Waals surface area contributed by atoms with Gasteiger partial charge in [0.15, 0.2) is 11.5 Å². The molecule has 7 nitrogen and oxygen atoms in total. The van der Waals surface area contributed by atoms with Crippen LogP contribution < -0.4 is 9.47 Å². The quantitative estimate of drug-likeness (QED) is 0.142. The molecule has 5 rings (SSSR count). The van der Waals surface area contributed by atoms with E-state index in [1.807, 2.05) is 48.5 Å². The number of allylic oxidation sites excluding steroid dienone is 1. The average Bonchev–Trinajstić information content (AvgIpc) is 3.31. The summed E-state index contributed by atoms with van der Waals surface area (Å²) < 4.78 is 11.0. The topological polar surface area (TPSA) is 101 Å². The number of ether oxygens (including phenoxy) is 2. The fourth-order valence-electron chi connectivity index (χ4n) is 3.65. The molecule has 0 saturated heterocycles. The van der Waals surface area contributed by atoms with Crippen LogP contribution in [0, 0.1) is 11.3 Å². The molecule has 0 amide bonds. The molecule has 0 spiro atoms. The van der Waals surface area contributed by atoms with Crippen LogP contribution in [0.15, 0.2) is 72.8 Å². The van der Waals surface area contributed by atoms with Gasteiger partial charge < -0.3 is 14.5 Å². The fourth-order valence-corrected chi connectivity index (χ4v) is 3.87. The monoisotopic (exact) mass is 480 g/mol. The highest BCUT2D eigenvalue weighted by Gasteiger charge is 2.18. The van der Waals surface area contributed by atoms with Gasteiger partial charge in [-0.1, -0.05) is 48.0 Å². The number of benzene rings is 3. The SMILES string of the molecule is COc1cc(/C=C(\C#N)c2nc3ccccc3[nH]2)ccc1OC(=O)c1cc2ccccc2nc1Cl. The highest BCUT2D eigenvalue weighted by molar-refractivity contribution is 6.33. The predicted octanol–water partition coefficient (Wildman–Crippen LogP) is 6.06. The van der Waals surface area contributed by atoms with E-state index in [2.05, 4.69) is 21.0 Å². The Kier molecular flexibility index (Phi) is 5.88. The van der Waals surface area contributed by atoms with Crippen molar-refractivity contribution >= 4 is 51.2 Å². The molecule has 2 aromatic heterocycles. The maximum absolute atomic E-state index is 12.9. The first-order valence-electron chi connectivity index (χ1n) is 10.6. The molecule has 2 heterocycles. The summed E-state index contributed by atoms with van der Waals surface area (Å²) >= 11 is 6.23. The second kappa shape index (κ2) is 9.29. The summed E-state index contributed by atoms with van der Waals surface area (Å²) in [6.45, 7) is 0. The number of hydrogen-bond donors (Lipinski definition) is 1. The van der Waals surface area contributed by atoms with Crippen LogP contribution >= 0.6 is 11.6 Å². The van der Waals surface area contributed by atoms with Crippen LogP contribution in [0.25, 0.3) is 33.6 Å². The van der Waals surface area contributed by atoms with Crippen molar-refractivity contribution in [1.82, 2.24) is 15.0 Å². The lowest BCUT2D eigenvalue weighted by Crippen LogP contribution is -2.11. The molecule has 0 radical (unpaired) electrons. The number of nitriles is 1. The minimum absolute atomic E-state index is 0.0525. The van der Waals surface area contributed by atoms with E-state index in [0.717, 1.165) is 16.4 Å². The second-order valence-electron chi connectivity index (χ2n) is 7.59. The van der Waals surface area contributed by atoms with Gasteiger partial charge in [-0.3, -0.25) is 0 Å². The van der Waals surface area contributed by atoms with Crippen molar-refractivity contribution in [2.24, 2.45) is 0 Å². The number of fused-ring (bicyclic) bond motifs is 2. The number of para-hydroxylation sites is 3. The van der Waals surface area contributed by atoms with Crippen LogP contribution in [0.3, 0.4) is 0 Å². The Bertz CT molecular complexity index is 1630. The van der Waals surface area contributed by atoms with Crippen LogP contribution in [0.5, 0.6) is 11.5 Å². The third-order valence-electron chi connectivity index (χ3n) is 5.36. The molecule has 0 atom stereocenters. The number of halogens is 1. The van der Waals surface area contributed by atoms with Gasteiger partial charge in [-0.2, -0.15) is 5.26 Å². The van der Waals surface area contributed by atoms with Crippen molar-refractivity contribution in [1.29, 1.82) is 5.26 Å². The number of aromatic nitrogens is 3. The molecule has 0 aliphatic rings. The molecule has 0 saturated carbocycles. The lowest BCUT2D eigenvalue weighted by Gasteiger charge is -2.11. The van der Waals surface area contributed by atoms with Gasteiger partial charge in [0.25, 0.3) is 0 Å². The number of nitrogens with zero attached hydrogens (tertiary/aromatic N) is 3. The maximum Gasteiger partial charge on any atom is 0.346 e. The first-order valence-corrected chi connectivity index (χ1v) is 11.0. The highest BCUT2D eigenvalue weighted by atomic mass is 35.5. The summed E-state index contributed by atoms with van der Waals surface area (Å²) in [5, 5.41) is 10.5. The van der Waals surface area contributed by atoms with Gasteiger partial charge >= 0.3 is 5.97 Å². The Labute approximate surface area is 205 Å². The summed E-state index contributed by atoms with van der Waals surface area (Å²) in [6.07, 6.45) is 1.68. The van der Waals surface area contributed by atoms with Gasteiger partial charge in [0.05, 0.1) is 34.8 Å². The van der Waals surface area contributed by atoms with Crippen molar-refractivity contribution in [2.75, 3.05) is 7.11 Å². The normalized spacial score (nSPS) is 11.4. The second-order valence-corrected chi connectivity index (χ2v) is 7.95. The predicted molar refractivity (Wildman–Crippen MR) is 134 cm³/mol. The Morgan fingerprint density at radius 3 is 2.54 bits per heavy atom. The van der Waals surface area contributed by atoms with E-state index in [1.165, 1.54) is 7.11 Å². The number of hydrogen-bond acceptors (Lipinski definition) is 6. The maximum atomic E-state index is 12.9. The molecule has 8 heteroatoms. The third-order valence-corrected chi connectivity index (χ3v) is 5.65. The molecule has 0 aliphatic heterocycles.